The Morgan fingerprint density at radius 1 is 0.738 bits per heavy atom. The van der Waals surface area contributed by atoms with Crippen molar-refractivity contribution in [2.45, 2.75) is 89.9 Å². The summed E-state index contributed by atoms with van der Waals surface area (Å²) >= 11 is 0. The van der Waals surface area contributed by atoms with Crippen molar-refractivity contribution >= 4 is 14.2 Å². The highest BCUT2D eigenvalue weighted by Crippen LogP contribution is 2.30. The van der Waals surface area contributed by atoms with Gasteiger partial charge in [0.25, 0.3) is 0 Å². The molecule has 3 aromatic carbocycles. The first-order valence-electron chi connectivity index (χ1n) is 14.9. The monoisotopic (exact) mass is 591 g/mol. The maximum Gasteiger partial charge on any atom is 0.220 e. The first-order chi connectivity index (χ1) is 20.3. The van der Waals surface area contributed by atoms with Crippen molar-refractivity contribution < 1.29 is 28.2 Å². The van der Waals surface area contributed by atoms with E-state index in [-0.39, 0.29) is 5.91 Å². The Labute approximate surface area is 251 Å². The van der Waals surface area contributed by atoms with E-state index in [4.69, 9.17) is 23.4 Å². The molecule has 0 saturated carbocycles. The molecule has 8 heteroatoms. The molecule has 3 aromatic rings. The molecule has 0 radical (unpaired) electrons. The molecule has 4 rings (SSSR count). The van der Waals surface area contributed by atoms with Gasteiger partial charge in [-0.15, -0.1) is 0 Å². The number of amides is 1. The lowest BCUT2D eigenvalue weighted by Gasteiger charge is -2.46. The average molecular weight is 592 g/mol. The zero-order valence-corrected chi connectivity index (χ0v) is 26.2. The summed E-state index contributed by atoms with van der Waals surface area (Å²) in [6.07, 6.45) is -1.19. The lowest BCUT2D eigenvalue weighted by molar-refractivity contribution is -0.290. The van der Waals surface area contributed by atoms with Gasteiger partial charge >= 0.3 is 0 Å². The van der Waals surface area contributed by atoms with E-state index in [0.717, 1.165) is 23.1 Å². The zero-order valence-electron chi connectivity index (χ0n) is 25.2. The number of ether oxygens (including phenoxy) is 4. The molecule has 1 heterocycles. The molecule has 1 fully saturated rings. The van der Waals surface area contributed by atoms with Gasteiger partial charge in [-0.25, -0.2) is 0 Å². The summed E-state index contributed by atoms with van der Waals surface area (Å²) in [4.78, 5) is 13.0. The molecule has 0 aromatic heterocycles. The number of carbonyl (C=O) groups is 1. The van der Waals surface area contributed by atoms with Crippen LogP contribution >= 0.6 is 0 Å². The quantitative estimate of drug-likeness (QED) is 0.211. The largest absolute Gasteiger partial charge is 0.415 e. The normalized spacial score (nSPS) is 22.5. The lowest BCUT2D eigenvalue weighted by atomic mass is 9.95. The summed E-state index contributed by atoms with van der Waals surface area (Å²) in [6, 6.07) is 29.4. The predicted octanol–water partition coefficient (Wildman–Crippen LogP) is 6.24. The van der Waals surface area contributed by atoms with E-state index in [1.54, 1.807) is 0 Å². The summed E-state index contributed by atoms with van der Waals surface area (Å²) in [6.45, 7) is 9.82. The fourth-order valence-corrected chi connectivity index (χ4v) is 5.50. The van der Waals surface area contributed by atoms with Crippen LogP contribution in [0.1, 0.15) is 36.5 Å². The molecule has 1 aliphatic rings. The van der Waals surface area contributed by atoms with Crippen LogP contribution < -0.4 is 5.32 Å². The number of benzene rings is 3. The lowest BCUT2D eigenvalue weighted by Crippen LogP contribution is -2.66. The Hall–Kier alpha value is -2.85. The third kappa shape index (κ3) is 10.2. The van der Waals surface area contributed by atoms with Gasteiger partial charge in [-0.1, -0.05) is 97.9 Å². The zero-order chi connectivity index (χ0) is 29.8. The highest BCUT2D eigenvalue weighted by molar-refractivity contribution is 6.69. The van der Waals surface area contributed by atoms with Crippen molar-refractivity contribution in [2.75, 3.05) is 6.61 Å². The Morgan fingerprint density at radius 2 is 1.21 bits per heavy atom. The van der Waals surface area contributed by atoms with Crippen molar-refractivity contribution in [3.05, 3.63) is 108 Å². The molecule has 0 aliphatic carbocycles. The second-order valence-corrected chi connectivity index (χ2v) is 16.1. The maximum atomic E-state index is 13.0. The number of nitrogens with one attached hydrogen (secondary N) is 1. The minimum atomic E-state index is -1.88. The first kappa shape index (κ1) is 32.1. The highest BCUT2D eigenvalue weighted by atomic mass is 28.4. The standard InChI is InChI=1S/C34H45NO6Si/c1-5-15-30(36)35-31-33(38-23-27-18-11-7-12-19-27)32(37-22-26-16-9-6-10-17-26)29(25-40-42(2,3)4)41-34(31)39-24-28-20-13-8-14-21-28/h6-14,16-21,29,31-34H,5,15,22-25H2,1-4H3,(H,35,36)/t29-,31-,32-,33-,34?/m1/s1. The summed E-state index contributed by atoms with van der Waals surface area (Å²) in [7, 11) is -1.88. The van der Waals surface area contributed by atoms with Crippen LogP contribution in [-0.4, -0.2) is 51.5 Å². The second kappa shape index (κ2) is 16.1. The topological polar surface area (TPSA) is 75.3 Å². The van der Waals surface area contributed by atoms with E-state index in [0.29, 0.717) is 32.8 Å². The van der Waals surface area contributed by atoms with Crippen molar-refractivity contribution in [1.29, 1.82) is 0 Å². The van der Waals surface area contributed by atoms with E-state index in [1.165, 1.54) is 0 Å². The van der Waals surface area contributed by atoms with E-state index in [9.17, 15) is 4.79 Å². The molecule has 5 atom stereocenters. The summed E-state index contributed by atoms with van der Waals surface area (Å²) < 4.78 is 32.7. The molecular formula is C34H45NO6Si. The van der Waals surface area contributed by atoms with Gasteiger partial charge in [0.05, 0.1) is 26.4 Å². The molecule has 1 unspecified atom stereocenters. The van der Waals surface area contributed by atoms with Gasteiger partial charge in [-0.05, 0) is 42.8 Å². The van der Waals surface area contributed by atoms with Crippen LogP contribution in [0.5, 0.6) is 0 Å². The van der Waals surface area contributed by atoms with Crippen molar-refractivity contribution in [2.24, 2.45) is 0 Å². The van der Waals surface area contributed by atoms with Gasteiger partial charge in [0, 0.05) is 6.42 Å². The molecular weight excluding hydrogens is 546 g/mol. The minimum absolute atomic E-state index is 0.0775. The van der Waals surface area contributed by atoms with Gasteiger partial charge in [-0.2, -0.15) is 0 Å². The summed E-state index contributed by atoms with van der Waals surface area (Å²) in [5, 5.41) is 3.19. The third-order valence-corrected chi connectivity index (χ3v) is 7.99. The van der Waals surface area contributed by atoms with Crippen LogP contribution in [0.15, 0.2) is 91.0 Å². The smallest absolute Gasteiger partial charge is 0.220 e. The molecule has 1 aliphatic heterocycles. The van der Waals surface area contributed by atoms with Crippen molar-refractivity contribution in [1.82, 2.24) is 5.32 Å². The molecule has 0 bridgehead atoms. The Morgan fingerprint density at radius 3 is 1.69 bits per heavy atom. The molecule has 42 heavy (non-hydrogen) atoms. The van der Waals surface area contributed by atoms with Crippen LogP contribution in [0, 0.1) is 0 Å². The van der Waals surface area contributed by atoms with Gasteiger partial charge in [0.1, 0.15) is 24.4 Å². The van der Waals surface area contributed by atoms with E-state index < -0.39 is 39.0 Å². The fourth-order valence-electron chi connectivity index (χ4n) is 4.84. The summed E-state index contributed by atoms with van der Waals surface area (Å²) in [5.41, 5.74) is 3.08. The van der Waals surface area contributed by atoms with Gasteiger partial charge in [0.15, 0.2) is 14.6 Å². The number of hydrogen-bond donors (Lipinski definition) is 1. The first-order valence-corrected chi connectivity index (χ1v) is 18.3. The fraction of sp³-hybridized carbons (Fsp3) is 0.441. The van der Waals surface area contributed by atoms with Crippen LogP contribution in [-0.2, 0) is 48.0 Å². The van der Waals surface area contributed by atoms with Crippen LogP contribution in [0.4, 0.5) is 0 Å². The Kier molecular flexibility index (Phi) is 12.3. The van der Waals surface area contributed by atoms with Crippen LogP contribution in [0.2, 0.25) is 19.6 Å². The van der Waals surface area contributed by atoms with Crippen LogP contribution in [0.3, 0.4) is 0 Å². The number of rotatable bonds is 15. The molecule has 1 saturated heterocycles. The van der Waals surface area contributed by atoms with E-state index in [2.05, 4.69) is 25.0 Å². The average Bonchev–Trinajstić information content (AvgIpc) is 2.99. The van der Waals surface area contributed by atoms with Crippen molar-refractivity contribution in [3.63, 3.8) is 0 Å². The van der Waals surface area contributed by atoms with Crippen LogP contribution in [0.25, 0.3) is 0 Å². The van der Waals surface area contributed by atoms with Gasteiger partial charge in [-0.3, -0.25) is 4.79 Å². The molecule has 0 spiro atoms. The molecule has 1 N–H and O–H groups in total. The third-order valence-electron chi connectivity index (χ3n) is 6.96. The SMILES string of the molecule is CCCC(=O)N[C@H]1C(OCc2ccccc2)O[C@H](CO[Si](C)(C)C)[C@@H](OCc2ccccc2)[C@@H]1OCc1ccccc1. The van der Waals surface area contributed by atoms with Crippen molar-refractivity contribution in [3.8, 4) is 0 Å². The van der Waals surface area contributed by atoms with E-state index >= 15 is 0 Å². The number of carbonyl (C=O) groups excluding carboxylic acids is 1. The Bertz CT molecular complexity index is 1190. The summed E-state index contributed by atoms with van der Waals surface area (Å²) in [5.74, 6) is -0.0775. The predicted molar refractivity (Wildman–Crippen MR) is 166 cm³/mol. The Balaban J connectivity index is 1.66. The molecule has 226 valence electrons. The van der Waals surface area contributed by atoms with Gasteiger partial charge < -0.3 is 28.7 Å². The van der Waals surface area contributed by atoms with E-state index in [1.807, 2.05) is 97.9 Å². The maximum absolute atomic E-state index is 13.0. The van der Waals surface area contributed by atoms with Gasteiger partial charge in [0.2, 0.25) is 5.91 Å². The minimum Gasteiger partial charge on any atom is -0.415 e. The molecule has 1 amide bonds. The number of hydrogen-bond acceptors (Lipinski definition) is 6. The highest BCUT2D eigenvalue weighted by Gasteiger charge is 2.49. The second-order valence-electron chi connectivity index (χ2n) is 11.6. The molecule has 7 nitrogen and oxygen atoms in total.